The Morgan fingerprint density at radius 1 is 1.44 bits per heavy atom. The number of ketones is 1. The third-order valence-electron chi connectivity index (χ3n) is 5.31. The molecule has 0 aromatic heterocycles. The molecule has 0 radical (unpaired) electrons. The van der Waals surface area contributed by atoms with Crippen molar-refractivity contribution in [1.82, 2.24) is 0 Å². The molecule has 1 aromatic carbocycles. The van der Waals surface area contributed by atoms with Gasteiger partial charge in [-0.15, -0.1) is 0 Å². The number of allylic oxidation sites excluding steroid dienone is 2. The lowest BCUT2D eigenvalue weighted by atomic mass is 9.71. The molecule has 7 heteroatoms. The molecule has 1 fully saturated rings. The van der Waals surface area contributed by atoms with Gasteiger partial charge in [0.2, 0.25) is 0 Å². The summed E-state index contributed by atoms with van der Waals surface area (Å²) in [5.74, 6) is -0.690. The number of rotatable bonds is 6. The van der Waals surface area contributed by atoms with Gasteiger partial charge in [0, 0.05) is 18.1 Å². The minimum Gasteiger partial charge on any atom is -0.497 e. The third kappa shape index (κ3) is 3.88. The molecule has 3 atom stereocenters. The topological polar surface area (TPSA) is 44.8 Å². The number of fused-ring (bicyclic) bond motifs is 1. The van der Waals surface area contributed by atoms with Crippen LogP contribution in [-0.4, -0.2) is 25.3 Å². The summed E-state index contributed by atoms with van der Waals surface area (Å²) in [5.41, 5.74) is -0.443. The fourth-order valence-corrected chi connectivity index (χ4v) is 3.76. The molecule has 1 saturated heterocycles. The maximum Gasteiger partial charge on any atom is 0.266 e. The van der Waals surface area contributed by atoms with Crippen LogP contribution in [0, 0.1) is 17.7 Å². The number of carbonyl (C=O) groups is 1. The van der Waals surface area contributed by atoms with Crippen molar-refractivity contribution < 1.29 is 32.2 Å². The van der Waals surface area contributed by atoms with Gasteiger partial charge in [-0.2, -0.15) is 8.78 Å². The highest BCUT2D eigenvalue weighted by Crippen LogP contribution is 2.46. The van der Waals surface area contributed by atoms with Crippen LogP contribution >= 0.6 is 0 Å². The van der Waals surface area contributed by atoms with Gasteiger partial charge in [-0.1, -0.05) is 13.0 Å². The van der Waals surface area contributed by atoms with E-state index in [4.69, 9.17) is 14.2 Å². The highest BCUT2D eigenvalue weighted by molar-refractivity contribution is 5.93. The van der Waals surface area contributed by atoms with Crippen molar-refractivity contribution in [3.8, 4) is 5.75 Å². The number of hydrogen-bond acceptors (Lipinski definition) is 4. The first-order valence-electron chi connectivity index (χ1n) is 8.72. The van der Waals surface area contributed by atoms with Gasteiger partial charge in [0.25, 0.3) is 6.08 Å². The fourth-order valence-electron chi connectivity index (χ4n) is 3.76. The van der Waals surface area contributed by atoms with E-state index in [0.29, 0.717) is 23.5 Å². The molecule has 3 rings (SSSR count). The predicted octanol–water partition coefficient (Wildman–Crippen LogP) is 4.40. The van der Waals surface area contributed by atoms with Gasteiger partial charge in [-0.3, -0.25) is 4.79 Å². The van der Waals surface area contributed by atoms with Gasteiger partial charge in [0.1, 0.15) is 22.9 Å². The Labute approximate surface area is 155 Å². The summed E-state index contributed by atoms with van der Waals surface area (Å²) in [7, 11) is 1.46. The Kier molecular flexibility index (Phi) is 5.60. The second-order valence-electron chi connectivity index (χ2n) is 6.90. The van der Waals surface area contributed by atoms with Gasteiger partial charge >= 0.3 is 0 Å². The minimum atomic E-state index is -1.82. The lowest BCUT2D eigenvalue weighted by Gasteiger charge is -2.38. The summed E-state index contributed by atoms with van der Waals surface area (Å²) in [6, 6.07) is 4.63. The Bertz CT molecular complexity index is 785. The Hall–Kier alpha value is -2.28. The SMILES string of the molecule is COc1ccc(CC(C)[C@]23C[C@H](CC=C(F)F)C(=O)C=C2OCO3)c(F)c1. The van der Waals surface area contributed by atoms with E-state index >= 15 is 0 Å². The number of methoxy groups -OCH3 is 1. The molecule has 1 unspecified atom stereocenters. The summed E-state index contributed by atoms with van der Waals surface area (Å²) in [6.45, 7) is 1.86. The lowest BCUT2D eigenvalue weighted by molar-refractivity contribution is -0.123. The maximum atomic E-state index is 14.3. The van der Waals surface area contributed by atoms with E-state index < -0.39 is 23.4 Å². The third-order valence-corrected chi connectivity index (χ3v) is 5.31. The molecule has 0 amide bonds. The maximum absolute atomic E-state index is 14.3. The fraction of sp³-hybridized carbons (Fsp3) is 0.450. The molecular formula is C20H21F3O4. The van der Waals surface area contributed by atoms with E-state index in [-0.39, 0.29) is 31.3 Å². The summed E-state index contributed by atoms with van der Waals surface area (Å²) < 4.78 is 55.6. The normalized spacial score (nSPS) is 25.3. The van der Waals surface area contributed by atoms with Crippen molar-refractivity contribution >= 4 is 5.78 Å². The molecule has 146 valence electrons. The van der Waals surface area contributed by atoms with Crippen molar-refractivity contribution in [2.24, 2.45) is 11.8 Å². The summed E-state index contributed by atoms with van der Waals surface area (Å²) >= 11 is 0. The average Bonchev–Trinajstić information content (AvgIpc) is 3.05. The predicted molar refractivity (Wildman–Crippen MR) is 91.7 cm³/mol. The Morgan fingerprint density at radius 2 is 2.22 bits per heavy atom. The van der Waals surface area contributed by atoms with Crippen LogP contribution < -0.4 is 4.74 Å². The van der Waals surface area contributed by atoms with Crippen molar-refractivity contribution in [2.45, 2.75) is 31.8 Å². The second kappa shape index (κ2) is 7.76. The molecule has 4 nitrogen and oxygen atoms in total. The summed E-state index contributed by atoms with van der Waals surface area (Å²) in [6.07, 6.45) is 0.763. The van der Waals surface area contributed by atoms with Crippen LogP contribution in [0.3, 0.4) is 0 Å². The molecule has 1 aromatic rings. The molecule has 0 saturated carbocycles. The summed E-state index contributed by atoms with van der Waals surface area (Å²) in [4.78, 5) is 12.2. The zero-order valence-corrected chi connectivity index (χ0v) is 15.1. The van der Waals surface area contributed by atoms with E-state index in [1.165, 1.54) is 19.3 Å². The Balaban J connectivity index is 1.85. The van der Waals surface area contributed by atoms with Crippen LogP contribution in [-0.2, 0) is 20.7 Å². The highest BCUT2D eigenvalue weighted by Gasteiger charge is 2.51. The number of benzene rings is 1. The minimum absolute atomic E-state index is 0.0193. The molecule has 27 heavy (non-hydrogen) atoms. The van der Waals surface area contributed by atoms with Crippen molar-refractivity contribution in [3.05, 3.63) is 53.6 Å². The van der Waals surface area contributed by atoms with Gasteiger partial charge in [0.05, 0.1) is 7.11 Å². The van der Waals surface area contributed by atoms with Crippen LogP contribution in [0.15, 0.2) is 42.2 Å². The van der Waals surface area contributed by atoms with E-state index in [0.717, 1.165) is 6.08 Å². The first-order valence-corrected chi connectivity index (χ1v) is 8.72. The van der Waals surface area contributed by atoms with Crippen LogP contribution in [0.5, 0.6) is 5.75 Å². The molecular weight excluding hydrogens is 361 g/mol. The molecule has 1 aliphatic carbocycles. The zero-order valence-electron chi connectivity index (χ0n) is 15.1. The second-order valence-corrected chi connectivity index (χ2v) is 6.90. The van der Waals surface area contributed by atoms with Gasteiger partial charge in [-0.05, 0) is 42.9 Å². The lowest BCUT2D eigenvalue weighted by Crippen LogP contribution is -2.45. The largest absolute Gasteiger partial charge is 0.497 e. The first-order chi connectivity index (χ1) is 12.9. The average molecular weight is 382 g/mol. The van der Waals surface area contributed by atoms with Crippen LogP contribution in [0.2, 0.25) is 0 Å². The van der Waals surface area contributed by atoms with E-state index in [1.807, 2.05) is 6.92 Å². The molecule has 0 bridgehead atoms. The van der Waals surface area contributed by atoms with E-state index in [1.54, 1.807) is 12.1 Å². The molecule has 0 spiro atoms. The Morgan fingerprint density at radius 3 is 2.89 bits per heavy atom. The number of hydrogen-bond donors (Lipinski definition) is 0. The van der Waals surface area contributed by atoms with Crippen LogP contribution in [0.25, 0.3) is 0 Å². The first kappa shape index (κ1) is 19.5. The molecule has 1 aliphatic heterocycles. The van der Waals surface area contributed by atoms with Crippen molar-refractivity contribution in [3.63, 3.8) is 0 Å². The van der Waals surface area contributed by atoms with E-state index in [2.05, 4.69) is 0 Å². The van der Waals surface area contributed by atoms with Gasteiger partial charge in [0.15, 0.2) is 12.6 Å². The quantitative estimate of drug-likeness (QED) is 0.732. The summed E-state index contributed by atoms with van der Waals surface area (Å²) in [5, 5.41) is 0. The molecule has 1 heterocycles. The standard InChI is InChI=1S/C20H21F3O4/c1-12(7-13-3-5-15(25-2)8-16(13)21)20-10-14(4-6-19(22)23)17(24)9-18(20)26-11-27-20/h3,5-6,8-9,12,14H,4,7,10-11H2,1-2H3/t12?,14-,20+/m0/s1. The molecule has 0 N–H and O–H groups in total. The monoisotopic (exact) mass is 382 g/mol. The van der Waals surface area contributed by atoms with E-state index in [9.17, 15) is 18.0 Å². The number of ether oxygens (including phenoxy) is 3. The van der Waals surface area contributed by atoms with Crippen molar-refractivity contribution in [2.75, 3.05) is 13.9 Å². The highest BCUT2D eigenvalue weighted by atomic mass is 19.3. The van der Waals surface area contributed by atoms with Gasteiger partial charge in [-0.25, -0.2) is 4.39 Å². The van der Waals surface area contributed by atoms with Crippen molar-refractivity contribution in [1.29, 1.82) is 0 Å². The molecule has 2 aliphatic rings. The zero-order chi connectivity index (χ0) is 19.6. The number of halogens is 3. The van der Waals surface area contributed by atoms with Crippen LogP contribution in [0.4, 0.5) is 13.2 Å². The van der Waals surface area contributed by atoms with Gasteiger partial charge < -0.3 is 14.2 Å². The van der Waals surface area contributed by atoms with Crippen LogP contribution in [0.1, 0.15) is 25.3 Å². The smallest absolute Gasteiger partial charge is 0.266 e. The number of carbonyl (C=O) groups excluding carboxylic acids is 1.